The third-order valence-electron chi connectivity index (χ3n) is 2.96. The van der Waals surface area contributed by atoms with Gasteiger partial charge in [-0.2, -0.15) is 5.10 Å². The normalized spacial score (nSPS) is 10.5. The lowest BCUT2D eigenvalue weighted by molar-refractivity contribution is 0.0469. The Morgan fingerprint density at radius 2 is 2.10 bits per heavy atom. The van der Waals surface area contributed by atoms with Gasteiger partial charge in [0.25, 0.3) is 0 Å². The van der Waals surface area contributed by atoms with E-state index in [1.54, 1.807) is 32.2 Å². The Morgan fingerprint density at radius 1 is 1.38 bits per heavy atom. The van der Waals surface area contributed by atoms with E-state index in [2.05, 4.69) is 5.10 Å². The van der Waals surface area contributed by atoms with Crippen LogP contribution in [0.25, 0.3) is 0 Å². The number of carbonyl (C=O) groups excluding carboxylic acids is 1. The molecule has 5 nitrogen and oxygen atoms in total. The minimum absolute atomic E-state index is 0.0350. The van der Waals surface area contributed by atoms with Gasteiger partial charge in [-0.15, -0.1) is 0 Å². The molecule has 2 rings (SSSR count). The lowest BCUT2D eigenvalue weighted by atomic mass is 10.2. The van der Waals surface area contributed by atoms with Gasteiger partial charge in [-0.25, -0.2) is 4.79 Å². The lowest BCUT2D eigenvalue weighted by Crippen LogP contribution is -2.07. The van der Waals surface area contributed by atoms with Crippen LogP contribution in [0.3, 0.4) is 0 Å². The van der Waals surface area contributed by atoms with Crippen LogP contribution in [-0.2, 0) is 18.4 Å². The SMILES string of the molecule is COc1ccc(Cl)cc1COC(=O)c1c(C)nn(C)c1Cl. The highest BCUT2D eigenvalue weighted by Gasteiger charge is 2.20. The molecular weight excluding hydrogens is 315 g/mol. The van der Waals surface area contributed by atoms with Crippen molar-refractivity contribution < 1.29 is 14.3 Å². The first kappa shape index (κ1) is 15.7. The second-order valence-corrected chi connectivity index (χ2v) is 5.20. The highest BCUT2D eigenvalue weighted by molar-refractivity contribution is 6.32. The molecule has 21 heavy (non-hydrogen) atoms. The van der Waals surface area contributed by atoms with E-state index in [1.807, 2.05) is 0 Å². The molecule has 0 saturated heterocycles. The fraction of sp³-hybridized carbons (Fsp3) is 0.286. The Bertz CT molecular complexity index is 683. The highest BCUT2D eigenvalue weighted by atomic mass is 35.5. The standard InChI is InChI=1S/C14H14Cl2N2O3/c1-8-12(13(16)18(2)17-8)14(19)21-7-9-6-10(15)4-5-11(9)20-3/h4-6H,7H2,1-3H3. The van der Waals surface area contributed by atoms with Gasteiger partial charge in [0.1, 0.15) is 23.1 Å². The van der Waals surface area contributed by atoms with Crippen molar-refractivity contribution in [3.8, 4) is 5.75 Å². The van der Waals surface area contributed by atoms with Crippen molar-refractivity contribution in [3.63, 3.8) is 0 Å². The molecule has 0 radical (unpaired) electrons. The van der Waals surface area contributed by atoms with Crippen molar-refractivity contribution in [1.82, 2.24) is 9.78 Å². The molecule has 1 heterocycles. The molecule has 0 fully saturated rings. The van der Waals surface area contributed by atoms with Gasteiger partial charge in [-0.1, -0.05) is 23.2 Å². The Kier molecular flexibility index (Phi) is 4.75. The van der Waals surface area contributed by atoms with Gasteiger partial charge in [0, 0.05) is 17.6 Å². The molecule has 1 aromatic heterocycles. The van der Waals surface area contributed by atoms with Crippen molar-refractivity contribution in [2.24, 2.45) is 7.05 Å². The van der Waals surface area contributed by atoms with E-state index in [-0.39, 0.29) is 17.3 Å². The summed E-state index contributed by atoms with van der Waals surface area (Å²) >= 11 is 12.0. The second kappa shape index (κ2) is 6.37. The molecule has 0 saturated carbocycles. The predicted octanol–water partition coefficient (Wildman–Crippen LogP) is 3.40. The van der Waals surface area contributed by atoms with Crippen LogP contribution in [0.2, 0.25) is 10.2 Å². The maximum absolute atomic E-state index is 12.1. The number of methoxy groups -OCH3 is 1. The summed E-state index contributed by atoms with van der Waals surface area (Å²) in [4.78, 5) is 12.1. The van der Waals surface area contributed by atoms with Crippen molar-refractivity contribution in [2.45, 2.75) is 13.5 Å². The summed E-state index contributed by atoms with van der Waals surface area (Å²) in [5.41, 5.74) is 1.46. The maximum Gasteiger partial charge on any atom is 0.343 e. The first-order valence-electron chi connectivity index (χ1n) is 6.12. The van der Waals surface area contributed by atoms with Gasteiger partial charge in [0.15, 0.2) is 0 Å². The fourth-order valence-corrected chi connectivity index (χ4v) is 2.38. The van der Waals surface area contributed by atoms with Crippen LogP contribution in [0.5, 0.6) is 5.75 Å². The van der Waals surface area contributed by atoms with Crippen LogP contribution in [-0.4, -0.2) is 22.9 Å². The van der Waals surface area contributed by atoms with Gasteiger partial charge in [0.05, 0.1) is 12.8 Å². The molecular formula is C14H14Cl2N2O3. The molecule has 0 aliphatic heterocycles. The number of esters is 1. The zero-order valence-electron chi connectivity index (χ0n) is 11.8. The monoisotopic (exact) mass is 328 g/mol. The Balaban J connectivity index is 2.16. The van der Waals surface area contributed by atoms with Gasteiger partial charge in [0.2, 0.25) is 0 Å². The molecule has 0 amide bonds. The van der Waals surface area contributed by atoms with E-state index in [1.165, 1.54) is 11.8 Å². The number of hydrogen-bond acceptors (Lipinski definition) is 4. The zero-order chi connectivity index (χ0) is 15.6. The third kappa shape index (κ3) is 3.31. The number of rotatable bonds is 4. The second-order valence-electron chi connectivity index (χ2n) is 4.41. The molecule has 112 valence electrons. The van der Waals surface area contributed by atoms with Crippen LogP contribution in [0.1, 0.15) is 21.6 Å². The smallest absolute Gasteiger partial charge is 0.343 e. The zero-order valence-corrected chi connectivity index (χ0v) is 13.3. The molecule has 0 unspecified atom stereocenters. The van der Waals surface area contributed by atoms with E-state index in [0.29, 0.717) is 22.0 Å². The molecule has 0 N–H and O–H groups in total. The van der Waals surface area contributed by atoms with Crippen LogP contribution in [0, 0.1) is 6.92 Å². The number of benzene rings is 1. The lowest BCUT2D eigenvalue weighted by Gasteiger charge is -2.09. The first-order valence-corrected chi connectivity index (χ1v) is 6.88. The maximum atomic E-state index is 12.1. The number of aromatic nitrogens is 2. The number of nitrogens with zero attached hydrogens (tertiary/aromatic N) is 2. The van der Waals surface area contributed by atoms with Crippen LogP contribution in [0.15, 0.2) is 18.2 Å². The third-order valence-corrected chi connectivity index (χ3v) is 3.63. The van der Waals surface area contributed by atoms with Crippen molar-refractivity contribution in [1.29, 1.82) is 0 Å². The molecule has 0 aliphatic carbocycles. The molecule has 0 aliphatic rings. The van der Waals surface area contributed by atoms with Crippen molar-refractivity contribution >= 4 is 29.2 Å². The van der Waals surface area contributed by atoms with Crippen LogP contribution in [0.4, 0.5) is 0 Å². The van der Waals surface area contributed by atoms with Gasteiger partial charge in [-0.3, -0.25) is 4.68 Å². The average molecular weight is 329 g/mol. The summed E-state index contributed by atoms with van der Waals surface area (Å²) < 4.78 is 11.9. The molecule has 1 aromatic carbocycles. The van der Waals surface area contributed by atoms with E-state index in [9.17, 15) is 4.79 Å². The van der Waals surface area contributed by atoms with E-state index >= 15 is 0 Å². The van der Waals surface area contributed by atoms with E-state index in [0.717, 1.165) is 0 Å². The molecule has 0 bridgehead atoms. The van der Waals surface area contributed by atoms with Crippen LogP contribution < -0.4 is 4.74 Å². The van der Waals surface area contributed by atoms with Gasteiger partial charge in [-0.05, 0) is 25.1 Å². The van der Waals surface area contributed by atoms with E-state index < -0.39 is 5.97 Å². The average Bonchev–Trinajstić information content (AvgIpc) is 2.70. The number of halogens is 2. The van der Waals surface area contributed by atoms with Gasteiger partial charge >= 0.3 is 5.97 Å². The Hall–Kier alpha value is -1.72. The summed E-state index contributed by atoms with van der Waals surface area (Å²) in [5, 5.41) is 4.86. The number of aryl methyl sites for hydroxylation is 2. The Morgan fingerprint density at radius 3 is 2.67 bits per heavy atom. The summed E-state index contributed by atoms with van der Waals surface area (Å²) in [6, 6.07) is 5.10. The summed E-state index contributed by atoms with van der Waals surface area (Å²) in [7, 11) is 3.20. The highest BCUT2D eigenvalue weighted by Crippen LogP contribution is 2.25. The summed E-state index contributed by atoms with van der Waals surface area (Å²) in [6.45, 7) is 1.73. The predicted molar refractivity (Wildman–Crippen MR) is 80.1 cm³/mol. The summed E-state index contributed by atoms with van der Waals surface area (Å²) in [5.74, 6) is 0.0637. The van der Waals surface area contributed by atoms with Gasteiger partial charge < -0.3 is 9.47 Å². The minimum Gasteiger partial charge on any atom is -0.496 e. The molecule has 7 heteroatoms. The molecule has 2 aromatic rings. The molecule has 0 atom stereocenters. The number of ether oxygens (including phenoxy) is 2. The summed E-state index contributed by atoms with van der Waals surface area (Å²) in [6.07, 6.45) is 0. The van der Waals surface area contributed by atoms with Crippen LogP contribution >= 0.6 is 23.2 Å². The molecule has 0 spiro atoms. The largest absolute Gasteiger partial charge is 0.496 e. The van der Waals surface area contributed by atoms with Crippen molar-refractivity contribution in [3.05, 3.63) is 45.2 Å². The van der Waals surface area contributed by atoms with Crippen molar-refractivity contribution in [2.75, 3.05) is 7.11 Å². The topological polar surface area (TPSA) is 53.4 Å². The first-order chi connectivity index (χ1) is 9.93. The minimum atomic E-state index is -0.535. The number of hydrogen-bond donors (Lipinski definition) is 0. The quantitative estimate of drug-likeness (QED) is 0.807. The van der Waals surface area contributed by atoms with E-state index in [4.69, 9.17) is 32.7 Å². The fourth-order valence-electron chi connectivity index (χ4n) is 1.94. The number of carbonyl (C=O) groups is 1. The Labute approximate surface area is 132 Å².